The van der Waals surface area contributed by atoms with Gasteiger partial charge >= 0.3 is 0 Å². The first-order chi connectivity index (χ1) is 12.9. The Labute approximate surface area is 159 Å². The minimum atomic E-state index is -1.73. The van der Waals surface area contributed by atoms with Gasteiger partial charge in [0.25, 0.3) is 11.6 Å². The molecule has 1 aromatic rings. The summed E-state index contributed by atoms with van der Waals surface area (Å²) < 4.78 is 18.6. The van der Waals surface area contributed by atoms with Crippen LogP contribution in [0.3, 0.4) is 0 Å². The summed E-state index contributed by atoms with van der Waals surface area (Å²) in [4.78, 5) is 2.38. The first-order valence-corrected chi connectivity index (χ1v) is 9.88. The van der Waals surface area contributed by atoms with E-state index >= 15 is 0 Å². The van der Waals surface area contributed by atoms with Crippen LogP contribution in [0.1, 0.15) is 31.4 Å². The van der Waals surface area contributed by atoms with Crippen molar-refractivity contribution < 1.29 is 24.4 Å². The van der Waals surface area contributed by atoms with Gasteiger partial charge in [0.05, 0.1) is 5.41 Å². The van der Waals surface area contributed by atoms with Gasteiger partial charge in [-0.25, -0.2) is 0 Å². The number of aliphatic hydroxyl groups is 1. The van der Waals surface area contributed by atoms with Crippen LogP contribution in [-0.2, 0) is 21.3 Å². The van der Waals surface area contributed by atoms with E-state index in [0.29, 0.717) is 19.0 Å². The Balaban J connectivity index is 1.86. The maximum absolute atomic E-state index is 11.6. The smallest absolute Gasteiger partial charge is 0.279 e. The molecule has 146 valence electrons. The second-order valence-corrected chi connectivity index (χ2v) is 8.09. The van der Waals surface area contributed by atoms with Crippen LogP contribution in [0, 0.1) is 5.92 Å². The van der Waals surface area contributed by atoms with Crippen LogP contribution in [0.2, 0.25) is 0 Å². The zero-order chi connectivity index (χ0) is 19.0. The lowest BCUT2D eigenvalue weighted by atomic mass is 9.51. The molecule has 6 heteroatoms. The summed E-state index contributed by atoms with van der Waals surface area (Å²) in [5.41, 5.74) is 1.56. The van der Waals surface area contributed by atoms with E-state index in [0.717, 1.165) is 30.5 Å². The van der Waals surface area contributed by atoms with Gasteiger partial charge in [0.2, 0.25) is 0 Å². The minimum absolute atomic E-state index is 0.0894. The molecule has 5 rings (SSSR count). The molecular formula is C21H27NO5. The molecule has 5 atom stereocenters. The summed E-state index contributed by atoms with van der Waals surface area (Å²) >= 11 is 0. The van der Waals surface area contributed by atoms with E-state index in [2.05, 4.69) is 18.0 Å². The van der Waals surface area contributed by atoms with E-state index in [9.17, 15) is 10.2 Å². The molecule has 0 radical (unpaired) electrons. The van der Waals surface area contributed by atoms with Gasteiger partial charge < -0.3 is 29.3 Å². The number of phenolic OH excluding ortho intramolecular Hbond substituents is 1. The first-order valence-electron chi connectivity index (χ1n) is 9.88. The second kappa shape index (κ2) is 5.47. The van der Waals surface area contributed by atoms with E-state index in [-0.39, 0.29) is 17.7 Å². The highest BCUT2D eigenvalue weighted by atomic mass is 16.8. The quantitative estimate of drug-likeness (QED) is 0.621. The number of likely N-dealkylation sites (N-methyl/N-ethyl adjacent to an activating group) is 1. The molecule has 27 heavy (non-hydrogen) atoms. The van der Waals surface area contributed by atoms with Crippen molar-refractivity contribution in [3.63, 3.8) is 0 Å². The van der Waals surface area contributed by atoms with Crippen LogP contribution < -0.4 is 4.74 Å². The van der Waals surface area contributed by atoms with Crippen molar-refractivity contribution in [1.29, 1.82) is 0 Å². The predicted molar refractivity (Wildman–Crippen MR) is 98.7 cm³/mol. The second-order valence-electron chi connectivity index (χ2n) is 8.09. The molecule has 2 aliphatic heterocycles. The highest BCUT2D eigenvalue weighted by molar-refractivity contribution is 5.63. The molecule has 2 aliphatic carbocycles. The highest BCUT2D eigenvalue weighted by Gasteiger charge is 2.78. The number of hydrogen-bond donors (Lipinski definition) is 2. The van der Waals surface area contributed by atoms with E-state index in [1.54, 1.807) is 12.1 Å². The van der Waals surface area contributed by atoms with Crippen molar-refractivity contribution in [2.75, 3.05) is 26.8 Å². The number of phenols is 1. The fourth-order valence-electron chi connectivity index (χ4n) is 6.10. The molecule has 1 saturated heterocycles. The Morgan fingerprint density at radius 2 is 2.04 bits per heavy atom. The lowest BCUT2D eigenvalue weighted by molar-refractivity contribution is -0.381. The Kier molecular flexibility index (Phi) is 3.55. The summed E-state index contributed by atoms with van der Waals surface area (Å²) in [7, 11) is 2.15. The summed E-state index contributed by atoms with van der Waals surface area (Å²) in [6.45, 7) is 5.29. The number of ether oxygens (including phenoxy) is 3. The fourth-order valence-corrected chi connectivity index (χ4v) is 6.10. The molecule has 2 heterocycles. The number of nitrogens with zero attached hydrogens (tertiary/aromatic N) is 1. The van der Waals surface area contributed by atoms with Gasteiger partial charge in [-0.15, -0.1) is 0 Å². The predicted octanol–water partition coefficient (Wildman–Crippen LogP) is 1.93. The monoisotopic (exact) mass is 373 g/mol. The van der Waals surface area contributed by atoms with Gasteiger partial charge in [0.15, 0.2) is 11.5 Å². The van der Waals surface area contributed by atoms with Crippen LogP contribution >= 0.6 is 0 Å². The first kappa shape index (κ1) is 17.5. The van der Waals surface area contributed by atoms with Crippen molar-refractivity contribution in [1.82, 2.24) is 4.90 Å². The zero-order valence-electron chi connectivity index (χ0n) is 16.1. The van der Waals surface area contributed by atoms with Crippen LogP contribution in [0.15, 0.2) is 24.3 Å². The highest BCUT2D eigenvalue weighted by Crippen LogP contribution is 2.68. The van der Waals surface area contributed by atoms with Crippen molar-refractivity contribution in [2.24, 2.45) is 5.92 Å². The third-order valence-corrected chi connectivity index (χ3v) is 7.05. The number of piperidine rings is 1. The van der Waals surface area contributed by atoms with Crippen molar-refractivity contribution in [2.45, 2.75) is 49.7 Å². The summed E-state index contributed by atoms with van der Waals surface area (Å²) in [5.74, 6) is -2.50. The number of benzene rings is 1. The molecule has 0 amide bonds. The van der Waals surface area contributed by atoms with Crippen molar-refractivity contribution in [3.05, 3.63) is 35.4 Å². The maximum Gasteiger partial charge on any atom is 0.279 e. The van der Waals surface area contributed by atoms with Gasteiger partial charge in [-0.05, 0) is 58.0 Å². The average Bonchev–Trinajstić information content (AvgIpc) is 2.94. The van der Waals surface area contributed by atoms with Gasteiger partial charge in [-0.3, -0.25) is 0 Å². The van der Waals surface area contributed by atoms with E-state index in [1.165, 1.54) is 0 Å². The number of aromatic hydroxyl groups is 1. The van der Waals surface area contributed by atoms with Gasteiger partial charge in [0, 0.05) is 30.7 Å². The van der Waals surface area contributed by atoms with Gasteiger partial charge in [-0.2, -0.15) is 0 Å². The molecule has 4 aliphatic rings. The van der Waals surface area contributed by atoms with E-state index in [1.807, 2.05) is 19.9 Å². The average molecular weight is 373 g/mol. The van der Waals surface area contributed by atoms with Crippen LogP contribution in [0.4, 0.5) is 0 Å². The molecular weight excluding hydrogens is 346 g/mol. The lowest BCUT2D eigenvalue weighted by Crippen LogP contribution is -2.76. The Hall–Kier alpha value is -1.60. The van der Waals surface area contributed by atoms with Crippen LogP contribution in [-0.4, -0.2) is 59.5 Å². The number of likely N-dealkylation sites (tertiary alicyclic amines) is 1. The van der Waals surface area contributed by atoms with Crippen LogP contribution in [0.25, 0.3) is 0 Å². The molecule has 1 spiro atoms. The molecule has 0 unspecified atom stereocenters. The lowest BCUT2D eigenvalue weighted by Gasteiger charge is -2.62. The third-order valence-electron chi connectivity index (χ3n) is 7.05. The van der Waals surface area contributed by atoms with Gasteiger partial charge in [-0.1, -0.05) is 12.1 Å². The Bertz CT molecular complexity index is 825. The minimum Gasteiger partial charge on any atom is -0.504 e. The fraction of sp³-hybridized carbons (Fsp3) is 0.619. The van der Waals surface area contributed by atoms with Crippen LogP contribution in [0.5, 0.6) is 11.5 Å². The molecule has 6 nitrogen and oxygen atoms in total. The number of rotatable bonds is 4. The summed E-state index contributed by atoms with van der Waals surface area (Å²) in [6, 6.07) is 3.96. The van der Waals surface area contributed by atoms with E-state index in [4.69, 9.17) is 14.2 Å². The molecule has 1 fully saturated rings. The molecule has 2 bridgehead atoms. The topological polar surface area (TPSA) is 71.4 Å². The standard InChI is InChI=1S/C21H27NO5/c1-4-25-20(24)9-8-14-15-12-13-6-7-16(23)18-17(13)19(14,10-11-22(15)3)21(20,27-18)26-5-2/h6-9,14-15,23-24H,4-5,10-12H2,1-3H3/t14-,15+,19-,20+,21+/m0/s1. The normalized spacial score (nSPS) is 41.3. The summed E-state index contributed by atoms with van der Waals surface area (Å²) in [6.07, 6.45) is 5.43. The molecule has 0 saturated carbocycles. The largest absolute Gasteiger partial charge is 0.504 e. The Morgan fingerprint density at radius 1 is 1.26 bits per heavy atom. The maximum atomic E-state index is 11.6. The SMILES string of the molecule is CCO[C@@]12Oc3c(O)ccc4c3[C@@]13CCN(C)[C@H](C4)[C@@H]3C=C[C@@]2(O)OCC. The van der Waals surface area contributed by atoms with Crippen molar-refractivity contribution in [3.8, 4) is 11.5 Å². The summed E-state index contributed by atoms with van der Waals surface area (Å²) in [5, 5.41) is 22.2. The molecule has 2 N–H and O–H groups in total. The van der Waals surface area contributed by atoms with Gasteiger partial charge in [0.1, 0.15) is 0 Å². The third kappa shape index (κ3) is 1.80. The number of hydrogen-bond acceptors (Lipinski definition) is 6. The van der Waals surface area contributed by atoms with E-state index < -0.39 is 17.0 Å². The van der Waals surface area contributed by atoms with Crippen molar-refractivity contribution >= 4 is 0 Å². The molecule has 1 aromatic carbocycles. The zero-order valence-corrected chi connectivity index (χ0v) is 16.1. The molecule has 0 aromatic heterocycles. The Morgan fingerprint density at radius 3 is 2.78 bits per heavy atom.